The van der Waals surface area contributed by atoms with Crippen LogP contribution in [0.5, 0.6) is 5.75 Å². The van der Waals surface area contributed by atoms with E-state index in [1.54, 1.807) is 7.05 Å². The molecule has 34 heavy (non-hydrogen) atoms. The lowest BCUT2D eigenvalue weighted by molar-refractivity contribution is 0.0254. The summed E-state index contributed by atoms with van der Waals surface area (Å²) in [7, 11) is 1.62. The zero-order valence-electron chi connectivity index (χ0n) is 18.9. The maximum absolute atomic E-state index is 11.8. The van der Waals surface area contributed by atoms with Crippen LogP contribution < -0.4 is 10.1 Å². The fourth-order valence-electron chi connectivity index (χ4n) is 4.37. The summed E-state index contributed by atoms with van der Waals surface area (Å²) in [6.07, 6.45) is 1.75. The van der Waals surface area contributed by atoms with Gasteiger partial charge in [-0.3, -0.25) is 4.79 Å². The van der Waals surface area contributed by atoms with Gasteiger partial charge in [-0.05, 0) is 53.1 Å². The molecule has 0 aliphatic carbocycles. The number of aromatic nitrogens is 1. The molecule has 0 atom stereocenters. The normalized spacial score (nSPS) is 14.0. The maximum Gasteiger partial charge on any atom is 0.251 e. The minimum atomic E-state index is -0.108. The molecule has 1 amide bonds. The van der Waals surface area contributed by atoms with Crippen molar-refractivity contribution in [2.24, 2.45) is 0 Å². The number of hydrogen-bond donors (Lipinski definition) is 2. The first-order valence-corrected chi connectivity index (χ1v) is 11.4. The second-order valence-corrected chi connectivity index (χ2v) is 8.36. The largest absolute Gasteiger partial charge is 0.489 e. The molecule has 6 heteroatoms. The number of H-pyrrole nitrogens is 1. The average Bonchev–Trinajstić information content (AvgIpc) is 3.34. The minimum absolute atomic E-state index is 0.0807. The zero-order valence-corrected chi connectivity index (χ0v) is 18.9. The molecule has 1 fully saturated rings. The molecule has 0 unspecified atom stereocenters. The van der Waals surface area contributed by atoms with Crippen molar-refractivity contribution in [1.29, 1.82) is 5.26 Å². The van der Waals surface area contributed by atoms with Crippen LogP contribution in [-0.2, 0) is 4.74 Å². The van der Waals surface area contributed by atoms with Crippen molar-refractivity contribution in [2.45, 2.75) is 18.9 Å². The number of aromatic amines is 1. The minimum Gasteiger partial charge on any atom is -0.489 e. The van der Waals surface area contributed by atoms with E-state index in [4.69, 9.17) is 9.47 Å². The van der Waals surface area contributed by atoms with Gasteiger partial charge in [0.05, 0.1) is 18.8 Å². The number of carbonyl (C=O) groups excluding carboxylic acids is 1. The number of hydrogen-bond acceptors (Lipinski definition) is 4. The Morgan fingerprint density at radius 3 is 2.56 bits per heavy atom. The van der Waals surface area contributed by atoms with Crippen LogP contribution in [-0.4, -0.2) is 37.3 Å². The molecule has 3 aromatic carbocycles. The predicted octanol–water partition coefficient (Wildman–Crippen LogP) is 5.29. The summed E-state index contributed by atoms with van der Waals surface area (Å²) in [5.74, 6) is 0.513. The lowest BCUT2D eigenvalue weighted by Crippen LogP contribution is -2.26. The van der Waals surface area contributed by atoms with Gasteiger partial charge in [0.1, 0.15) is 17.9 Å². The van der Waals surface area contributed by atoms with E-state index in [0.717, 1.165) is 46.1 Å². The van der Waals surface area contributed by atoms with Gasteiger partial charge in [-0.25, -0.2) is 0 Å². The van der Waals surface area contributed by atoms with Crippen molar-refractivity contribution in [3.8, 4) is 34.2 Å². The molecule has 2 N–H and O–H groups in total. The van der Waals surface area contributed by atoms with Crippen molar-refractivity contribution in [2.75, 3.05) is 20.3 Å². The molecule has 0 radical (unpaired) electrons. The number of rotatable bonds is 5. The van der Waals surface area contributed by atoms with Crippen LogP contribution in [0.4, 0.5) is 0 Å². The Labute approximate surface area is 198 Å². The molecule has 2 heterocycles. The van der Waals surface area contributed by atoms with E-state index in [-0.39, 0.29) is 12.0 Å². The van der Waals surface area contributed by atoms with Crippen molar-refractivity contribution >= 4 is 16.8 Å². The van der Waals surface area contributed by atoms with Crippen molar-refractivity contribution in [3.05, 3.63) is 77.9 Å². The van der Waals surface area contributed by atoms with Crippen LogP contribution in [0.2, 0.25) is 0 Å². The topological polar surface area (TPSA) is 87.1 Å². The van der Waals surface area contributed by atoms with Gasteiger partial charge in [0.15, 0.2) is 0 Å². The third-order valence-electron chi connectivity index (χ3n) is 6.22. The Hall–Kier alpha value is -4.08. The number of nitrogens with zero attached hydrogens (tertiary/aromatic N) is 1. The van der Waals surface area contributed by atoms with Crippen LogP contribution in [0, 0.1) is 11.3 Å². The fraction of sp³-hybridized carbons (Fsp3) is 0.214. The van der Waals surface area contributed by atoms with E-state index < -0.39 is 0 Å². The number of amides is 1. The summed E-state index contributed by atoms with van der Waals surface area (Å²) in [4.78, 5) is 15.3. The predicted molar refractivity (Wildman–Crippen MR) is 132 cm³/mol. The first kappa shape index (κ1) is 21.7. The van der Waals surface area contributed by atoms with E-state index in [0.29, 0.717) is 30.1 Å². The Morgan fingerprint density at radius 2 is 1.82 bits per heavy atom. The maximum atomic E-state index is 11.8. The first-order valence-electron chi connectivity index (χ1n) is 11.4. The number of benzene rings is 3. The molecule has 5 rings (SSSR count). The van der Waals surface area contributed by atoms with Crippen molar-refractivity contribution in [1.82, 2.24) is 10.3 Å². The van der Waals surface area contributed by atoms with Gasteiger partial charge >= 0.3 is 0 Å². The van der Waals surface area contributed by atoms with Gasteiger partial charge < -0.3 is 19.8 Å². The number of nitrogens with one attached hydrogen (secondary N) is 2. The molecule has 1 aliphatic heterocycles. The molecular formula is C28H25N3O3. The molecule has 6 nitrogen and oxygen atoms in total. The summed E-state index contributed by atoms with van der Waals surface area (Å²) in [6.45, 7) is 1.38. The van der Waals surface area contributed by atoms with Crippen LogP contribution in [0.15, 0.2) is 66.7 Å². The standard InChI is InChI=1S/C28H25N3O3/c1-30-28(32)19-7-5-18(6-8-19)26-16-24-23(3-2-4-25(24)31-26)20-9-10-27(21(15-20)17-29)34-22-11-13-33-14-12-22/h2-10,15-16,22,31H,11-14H2,1H3,(H,30,32). The average molecular weight is 452 g/mol. The molecule has 1 saturated heterocycles. The van der Waals surface area contributed by atoms with Gasteiger partial charge in [0, 0.05) is 42.0 Å². The molecule has 1 aliphatic rings. The number of carbonyl (C=O) groups is 1. The van der Waals surface area contributed by atoms with E-state index in [1.165, 1.54) is 0 Å². The second kappa shape index (κ2) is 9.42. The zero-order chi connectivity index (χ0) is 23.5. The third-order valence-corrected chi connectivity index (χ3v) is 6.22. The molecular weight excluding hydrogens is 426 g/mol. The van der Waals surface area contributed by atoms with E-state index in [9.17, 15) is 10.1 Å². The van der Waals surface area contributed by atoms with E-state index in [1.807, 2.05) is 54.6 Å². The van der Waals surface area contributed by atoms with Crippen molar-refractivity contribution < 1.29 is 14.3 Å². The van der Waals surface area contributed by atoms with Crippen LogP contribution in [0.25, 0.3) is 33.3 Å². The first-order chi connectivity index (χ1) is 16.7. The highest BCUT2D eigenvalue weighted by molar-refractivity contribution is 5.99. The molecule has 4 aromatic rings. The molecule has 0 spiro atoms. The summed E-state index contributed by atoms with van der Waals surface area (Å²) in [6, 6.07) is 23.8. The monoisotopic (exact) mass is 451 g/mol. The lowest BCUT2D eigenvalue weighted by atomic mass is 9.99. The van der Waals surface area contributed by atoms with Crippen molar-refractivity contribution in [3.63, 3.8) is 0 Å². The van der Waals surface area contributed by atoms with Gasteiger partial charge in [-0.2, -0.15) is 5.26 Å². The van der Waals surface area contributed by atoms with Crippen LogP contribution in [0.1, 0.15) is 28.8 Å². The summed E-state index contributed by atoms with van der Waals surface area (Å²) in [5, 5.41) is 13.5. The molecule has 170 valence electrons. The number of nitriles is 1. The Bertz CT molecular complexity index is 1380. The van der Waals surface area contributed by atoms with Gasteiger partial charge in [-0.15, -0.1) is 0 Å². The fourth-order valence-corrected chi connectivity index (χ4v) is 4.37. The van der Waals surface area contributed by atoms with Crippen LogP contribution in [0.3, 0.4) is 0 Å². The quantitative estimate of drug-likeness (QED) is 0.432. The number of fused-ring (bicyclic) bond motifs is 1. The summed E-state index contributed by atoms with van der Waals surface area (Å²) < 4.78 is 11.5. The summed E-state index contributed by atoms with van der Waals surface area (Å²) in [5.41, 5.74) is 6.11. The van der Waals surface area contributed by atoms with Crippen LogP contribution >= 0.6 is 0 Å². The molecule has 0 saturated carbocycles. The summed E-state index contributed by atoms with van der Waals surface area (Å²) >= 11 is 0. The van der Waals surface area contributed by atoms with E-state index in [2.05, 4.69) is 28.5 Å². The molecule has 1 aromatic heterocycles. The van der Waals surface area contributed by atoms with E-state index >= 15 is 0 Å². The SMILES string of the molecule is CNC(=O)c1ccc(-c2cc3c(-c4ccc(OC5CCOCC5)c(C#N)c4)cccc3[nH]2)cc1. The lowest BCUT2D eigenvalue weighted by Gasteiger charge is -2.24. The third kappa shape index (κ3) is 4.26. The molecule has 0 bridgehead atoms. The van der Waals surface area contributed by atoms with Gasteiger partial charge in [0.2, 0.25) is 0 Å². The number of ether oxygens (including phenoxy) is 2. The highest BCUT2D eigenvalue weighted by Gasteiger charge is 2.18. The Balaban J connectivity index is 1.47. The Morgan fingerprint density at radius 1 is 1.06 bits per heavy atom. The smallest absolute Gasteiger partial charge is 0.251 e. The Kier molecular flexibility index (Phi) is 6.03. The highest BCUT2D eigenvalue weighted by atomic mass is 16.5. The second-order valence-electron chi connectivity index (χ2n) is 8.36. The van der Waals surface area contributed by atoms with Gasteiger partial charge in [-0.1, -0.05) is 30.3 Å². The van der Waals surface area contributed by atoms with Gasteiger partial charge in [0.25, 0.3) is 5.91 Å². The highest BCUT2D eigenvalue weighted by Crippen LogP contribution is 2.35.